The zero-order valence-electron chi connectivity index (χ0n) is 8.68. The minimum atomic E-state index is -0.833. The maximum atomic E-state index is 9.00. The first kappa shape index (κ1) is 11.2. The molecular formula is C13H14O2. The van der Waals surface area contributed by atoms with Gasteiger partial charge in [0, 0.05) is 6.92 Å². The lowest BCUT2D eigenvalue weighted by atomic mass is 9.98. The summed E-state index contributed by atoms with van der Waals surface area (Å²) >= 11 is 0. The molecule has 0 saturated heterocycles. The molecule has 2 nitrogen and oxygen atoms in total. The van der Waals surface area contributed by atoms with Crippen molar-refractivity contribution in [3.63, 3.8) is 0 Å². The van der Waals surface area contributed by atoms with E-state index in [0.29, 0.717) is 0 Å². The summed E-state index contributed by atoms with van der Waals surface area (Å²) in [5, 5.41) is 7.42. The van der Waals surface area contributed by atoms with Crippen LogP contribution in [0.4, 0.5) is 0 Å². The number of hydrogen-bond donors (Lipinski definition) is 1. The number of carboxylic acid groups (broad SMARTS) is 1. The Kier molecular flexibility index (Phi) is 4.35. The largest absolute Gasteiger partial charge is 0.481 e. The van der Waals surface area contributed by atoms with Gasteiger partial charge in [-0.15, -0.1) is 0 Å². The van der Waals surface area contributed by atoms with Crippen molar-refractivity contribution in [3.8, 4) is 0 Å². The van der Waals surface area contributed by atoms with Gasteiger partial charge in [0.05, 0.1) is 0 Å². The van der Waals surface area contributed by atoms with Gasteiger partial charge in [0.1, 0.15) is 0 Å². The van der Waals surface area contributed by atoms with Crippen molar-refractivity contribution in [2.45, 2.75) is 13.3 Å². The first-order chi connectivity index (χ1) is 7.20. The van der Waals surface area contributed by atoms with Crippen molar-refractivity contribution in [2.24, 2.45) is 0 Å². The molecule has 0 bridgehead atoms. The number of hydrogen-bond acceptors (Lipinski definition) is 1. The molecule has 0 aliphatic heterocycles. The average molecular weight is 202 g/mol. The molecule has 0 radical (unpaired) electrons. The van der Waals surface area contributed by atoms with Gasteiger partial charge in [-0.25, -0.2) is 0 Å². The predicted molar refractivity (Wildman–Crippen MR) is 61.5 cm³/mol. The molecule has 2 aliphatic carbocycles. The van der Waals surface area contributed by atoms with Gasteiger partial charge in [0.15, 0.2) is 0 Å². The molecule has 0 unspecified atom stereocenters. The molecule has 0 aromatic rings. The van der Waals surface area contributed by atoms with Crippen LogP contribution in [-0.4, -0.2) is 11.1 Å². The Morgan fingerprint density at radius 1 is 1.20 bits per heavy atom. The summed E-state index contributed by atoms with van der Waals surface area (Å²) in [5.74, 6) is -0.833. The first-order valence-electron chi connectivity index (χ1n) is 4.81. The minimum absolute atomic E-state index is 0.833. The quantitative estimate of drug-likeness (QED) is 0.655. The fourth-order valence-electron chi connectivity index (χ4n) is 1.31. The van der Waals surface area contributed by atoms with Crippen molar-refractivity contribution in [1.29, 1.82) is 0 Å². The van der Waals surface area contributed by atoms with Crippen LogP contribution in [0.25, 0.3) is 0 Å². The lowest BCUT2D eigenvalue weighted by Gasteiger charge is -2.07. The smallest absolute Gasteiger partial charge is 0.300 e. The molecule has 2 heteroatoms. The van der Waals surface area contributed by atoms with E-state index in [1.807, 2.05) is 0 Å². The van der Waals surface area contributed by atoms with Gasteiger partial charge in [0.2, 0.25) is 0 Å². The summed E-state index contributed by atoms with van der Waals surface area (Å²) in [4.78, 5) is 9.00. The third-order valence-electron chi connectivity index (χ3n) is 1.92. The van der Waals surface area contributed by atoms with Gasteiger partial charge < -0.3 is 5.11 Å². The molecule has 0 atom stereocenters. The summed E-state index contributed by atoms with van der Waals surface area (Å²) in [6.07, 6.45) is 18.1. The third-order valence-corrected chi connectivity index (χ3v) is 1.92. The summed E-state index contributed by atoms with van der Waals surface area (Å²) in [5.41, 5.74) is 2.76. The fraction of sp³-hybridized carbons (Fsp3) is 0.154. The number of rotatable bonds is 0. The minimum Gasteiger partial charge on any atom is -0.481 e. The maximum absolute atomic E-state index is 9.00. The summed E-state index contributed by atoms with van der Waals surface area (Å²) in [7, 11) is 0. The molecule has 0 fully saturated rings. The highest BCUT2D eigenvalue weighted by molar-refractivity contribution is 5.62. The molecule has 0 saturated carbocycles. The van der Waals surface area contributed by atoms with E-state index in [2.05, 4.69) is 48.6 Å². The Hall–Kier alpha value is -1.83. The molecule has 0 heterocycles. The normalized spacial score (nSPS) is 16.6. The third kappa shape index (κ3) is 4.27. The molecular weight excluding hydrogens is 188 g/mol. The fourth-order valence-corrected chi connectivity index (χ4v) is 1.31. The number of aliphatic carboxylic acids is 1. The monoisotopic (exact) mass is 202 g/mol. The molecule has 0 amide bonds. The van der Waals surface area contributed by atoms with Crippen LogP contribution < -0.4 is 0 Å². The molecule has 2 rings (SSSR count). The van der Waals surface area contributed by atoms with E-state index >= 15 is 0 Å². The van der Waals surface area contributed by atoms with E-state index < -0.39 is 5.97 Å². The van der Waals surface area contributed by atoms with Crippen LogP contribution in [0.15, 0.2) is 59.8 Å². The second-order valence-electron chi connectivity index (χ2n) is 3.21. The van der Waals surface area contributed by atoms with Crippen LogP contribution in [0.2, 0.25) is 0 Å². The Morgan fingerprint density at radius 2 is 1.93 bits per heavy atom. The number of carbonyl (C=O) groups is 1. The van der Waals surface area contributed by atoms with Crippen LogP contribution in [0.5, 0.6) is 0 Å². The molecule has 15 heavy (non-hydrogen) atoms. The lowest BCUT2D eigenvalue weighted by molar-refractivity contribution is -0.134. The SMILES string of the molecule is C1=CC=C2CC=CC=C2C=C1.CC(=O)O. The van der Waals surface area contributed by atoms with E-state index in [-0.39, 0.29) is 0 Å². The Balaban J connectivity index is 0.000000245. The Bertz CT molecular complexity index is 375. The molecule has 0 aromatic heterocycles. The van der Waals surface area contributed by atoms with Crippen LogP contribution in [-0.2, 0) is 4.79 Å². The standard InChI is InChI=1S/C11H10.C2H4O2/c1-2-6-10-8-4-5-9-11(10)7-3-1;1-2(3)4/h1-8H,9H2;1H3,(H,3,4). The van der Waals surface area contributed by atoms with Crippen molar-refractivity contribution < 1.29 is 9.90 Å². The molecule has 1 N–H and O–H groups in total. The van der Waals surface area contributed by atoms with E-state index in [1.165, 1.54) is 11.1 Å². The zero-order chi connectivity index (χ0) is 11.1. The topological polar surface area (TPSA) is 37.3 Å². The summed E-state index contributed by atoms with van der Waals surface area (Å²) in [6, 6.07) is 0. The highest BCUT2D eigenvalue weighted by Crippen LogP contribution is 2.21. The molecule has 0 aromatic carbocycles. The lowest BCUT2D eigenvalue weighted by Crippen LogP contribution is -1.87. The number of allylic oxidation sites excluding steroid dienone is 10. The molecule has 0 spiro atoms. The van der Waals surface area contributed by atoms with Crippen molar-refractivity contribution >= 4 is 5.97 Å². The Morgan fingerprint density at radius 3 is 2.67 bits per heavy atom. The van der Waals surface area contributed by atoms with Crippen molar-refractivity contribution in [1.82, 2.24) is 0 Å². The van der Waals surface area contributed by atoms with Crippen LogP contribution in [0, 0.1) is 0 Å². The van der Waals surface area contributed by atoms with Crippen LogP contribution in [0.1, 0.15) is 13.3 Å². The Labute approximate surface area is 89.6 Å². The molecule has 2 aliphatic rings. The highest BCUT2D eigenvalue weighted by Gasteiger charge is 2.02. The number of carboxylic acids is 1. The number of fused-ring (bicyclic) bond motifs is 1. The van der Waals surface area contributed by atoms with E-state index in [0.717, 1.165) is 13.3 Å². The predicted octanol–water partition coefficient (Wildman–Crippen LogP) is 3.02. The van der Waals surface area contributed by atoms with Gasteiger partial charge >= 0.3 is 0 Å². The van der Waals surface area contributed by atoms with Gasteiger partial charge in [-0.1, -0.05) is 48.6 Å². The molecule has 78 valence electrons. The van der Waals surface area contributed by atoms with Gasteiger partial charge in [-0.05, 0) is 17.6 Å². The highest BCUT2D eigenvalue weighted by atomic mass is 16.4. The first-order valence-corrected chi connectivity index (χ1v) is 4.81. The van der Waals surface area contributed by atoms with Gasteiger partial charge in [-0.2, -0.15) is 0 Å². The summed E-state index contributed by atoms with van der Waals surface area (Å²) in [6.45, 7) is 1.08. The van der Waals surface area contributed by atoms with Crippen molar-refractivity contribution in [2.75, 3.05) is 0 Å². The van der Waals surface area contributed by atoms with Crippen molar-refractivity contribution in [3.05, 3.63) is 59.8 Å². The second-order valence-corrected chi connectivity index (χ2v) is 3.21. The van der Waals surface area contributed by atoms with E-state index in [1.54, 1.807) is 0 Å². The van der Waals surface area contributed by atoms with E-state index in [4.69, 9.17) is 9.90 Å². The van der Waals surface area contributed by atoms with E-state index in [9.17, 15) is 0 Å². The van der Waals surface area contributed by atoms with Gasteiger partial charge in [-0.3, -0.25) is 4.79 Å². The van der Waals surface area contributed by atoms with Crippen LogP contribution in [0.3, 0.4) is 0 Å². The zero-order valence-corrected chi connectivity index (χ0v) is 8.68. The average Bonchev–Trinajstić information content (AvgIpc) is 2.41. The second kappa shape index (κ2) is 5.81. The summed E-state index contributed by atoms with van der Waals surface area (Å²) < 4.78 is 0. The van der Waals surface area contributed by atoms with Crippen LogP contribution >= 0.6 is 0 Å². The van der Waals surface area contributed by atoms with Gasteiger partial charge in [0.25, 0.3) is 5.97 Å². The maximum Gasteiger partial charge on any atom is 0.300 e.